The zero-order valence-corrected chi connectivity index (χ0v) is 14.1. The summed E-state index contributed by atoms with van der Waals surface area (Å²) in [5.74, 6) is 0.387. The molecule has 0 radical (unpaired) electrons. The molecular formula is C15H24N4O2S. The van der Waals surface area contributed by atoms with Crippen molar-refractivity contribution in [1.82, 2.24) is 19.7 Å². The molecule has 0 spiro atoms. The van der Waals surface area contributed by atoms with Crippen molar-refractivity contribution in [2.45, 2.75) is 57.7 Å². The summed E-state index contributed by atoms with van der Waals surface area (Å²) in [6, 6.07) is 0. The predicted octanol–water partition coefficient (Wildman–Crippen LogP) is 2.38. The predicted molar refractivity (Wildman–Crippen MR) is 87.8 cm³/mol. The SMILES string of the molecule is CCCn1c(SCC(=O)N(CC)C2=CCCCC2)n[nH]c1=O. The van der Waals surface area contributed by atoms with Crippen LogP contribution in [0.2, 0.25) is 0 Å². The van der Waals surface area contributed by atoms with Gasteiger partial charge in [0.2, 0.25) is 5.91 Å². The summed E-state index contributed by atoms with van der Waals surface area (Å²) >= 11 is 1.33. The number of aromatic nitrogens is 3. The molecule has 2 rings (SSSR count). The third kappa shape index (κ3) is 4.03. The number of H-pyrrole nitrogens is 1. The van der Waals surface area contributed by atoms with Crippen molar-refractivity contribution in [1.29, 1.82) is 0 Å². The van der Waals surface area contributed by atoms with Gasteiger partial charge in [0.05, 0.1) is 5.75 Å². The summed E-state index contributed by atoms with van der Waals surface area (Å²) in [6.07, 6.45) is 7.43. The molecule has 0 saturated heterocycles. The van der Waals surface area contributed by atoms with Gasteiger partial charge in [-0.15, -0.1) is 5.10 Å². The lowest BCUT2D eigenvalue weighted by atomic mass is 10.0. The fourth-order valence-electron chi connectivity index (χ4n) is 2.64. The first-order valence-corrected chi connectivity index (χ1v) is 8.93. The molecule has 1 aliphatic carbocycles. The highest BCUT2D eigenvalue weighted by Gasteiger charge is 2.19. The Bertz CT molecular complexity index is 591. The standard InChI is InChI=1S/C15H24N4O2S/c1-3-10-19-14(21)16-17-15(19)22-11-13(20)18(4-2)12-8-6-5-7-9-12/h8H,3-7,9-11H2,1-2H3,(H,16,21). The molecule has 1 amide bonds. The normalized spacial score (nSPS) is 14.7. The minimum Gasteiger partial charge on any atom is -0.316 e. The summed E-state index contributed by atoms with van der Waals surface area (Å²) in [7, 11) is 0. The van der Waals surface area contributed by atoms with Gasteiger partial charge in [-0.05, 0) is 39.0 Å². The van der Waals surface area contributed by atoms with E-state index < -0.39 is 0 Å². The monoisotopic (exact) mass is 324 g/mol. The fourth-order valence-corrected chi connectivity index (χ4v) is 3.49. The van der Waals surface area contributed by atoms with Crippen LogP contribution in [0.4, 0.5) is 0 Å². The quantitative estimate of drug-likeness (QED) is 0.782. The van der Waals surface area contributed by atoms with E-state index >= 15 is 0 Å². The Morgan fingerprint density at radius 2 is 2.27 bits per heavy atom. The Morgan fingerprint density at radius 3 is 2.91 bits per heavy atom. The second kappa shape index (κ2) is 8.22. The van der Waals surface area contributed by atoms with Crippen molar-refractivity contribution in [2.75, 3.05) is 12.3 Å². The number of nitrogens with one attached hydrogen (secondary N) is 1. The number of hydrogen-bond donors (Lipinski definition) is 1. The van der Waals surface area contributed by atoms with E-state index in [0.29, 0.717) is 24.0 Å². The topological polar surface area (TPSA) is 71.0 Å². The number of aromatic amines is 1. The lowest BCUT2D eigenvalue weighted by molar-refractivity contribution is -0.126. The van der Waals surface area contributed by atoms with Crippen LogP contribution in [0.1, 0.15) is 46.0 Å². The van der Waals surface area contributed by atoms with E-state index in [1.807, 2.05) is 18.7 Å². The summed E-state index contributed by atoms with van der Waals surface area (Å²) in [5, 5.41) is 7.05. The molecule has 1 heterocycles. The molecule has 1 aromatic rings. The molecule has 0 saturated carbocycles. The molecule has 0 bridgehead atoms. The molecule has 0 atom stereocenters. The number of amides is 1. The zero-order valence-electron chi connectivity index (χ0n) is 13.3. The van der Waals surface area contributed by atoms with E-state index in [-0.39, 0.29) is 11.6 Å². The Hall–Kier alpha value is -1.50. The highest BCUT2D eigenvalue weighted by Crippen LogP contribution is 2.22. The molecular weight excluding hydrogens is 300 g/mol. The van der Waals surface area contributed by atoms with Gasteiger partial charge in [-0.3, -0.25) is 9.36 Å². The summed E-state index contributed by atoms with van der Waals surface area (Å²) in [4.78, 5) is 26.0. The maximum Gasteiger partial charge on any atom is 0.343 e. The second-order valence-electron chi connectivity index (χ2n) is 5.33. The first-order chi connectivity index (χ1) is 10.7. The van der Waals surface area contributed by atoms with Gasteiger partial charge in [0.1, 0.15) is 0 Å². The largest absolute Gasteiger partial charge is 0.343 e. The first-order valence-electron chi connectivity index (χ1n) is 7.94. The number of carbonyl (C=O) groups is 1. The van der Waals surface area contributed by atoms with Gasteiger partial charge in [0.25, 0.3) is 0 Å². The van der Waals surface area contributed by atoms with Crippen molar-refractivity contribution in [2.24, 2.45) is 0 Å². The fraction of sp³-hybridized carbons (Fsp3) is 0.667. The van der Waals surface area contributed by atoms with Gasteiger partial charge in [0.15, 0.2) is 5.16 Å². The van der Waals surface area contributed by atoms with Gasteiger partial charge in [0, 0.05) is 18.8 Å². The summed E-state index contributed by atoms with van der Waals surface area (Å²) in [6.45, 7) is 5.31. The lowest BCUT2D eigenvalue weighted by Crippen LogP contribution is -2.32. The lowest BCUT2D eigenvalue weighted by Gasteiger charge is -2.26. The number of carbonyl (C=O) groups excluding carboxylic acids is 1. The molecule has 0 fully saturated rings. The molecule has 7 heteroatoms. The Kier molecular flexibility index (Phi) is 6.30. The minimum absolute atomic E-state index is 0.0825. The molecule has 1 N–H and O–H groups in total. The van der Waals surface area contributed by atoms with Gasteiger partial charge in [-0.1, -0.05) is 24.8 Å². The maximum atomic E-state index is 12.5. The van der Waals surface area contributed by atoms with E-state index in [1.165, 1.54) is 18.2 Å². The number of thioether (sulfide) groups is 1. The van der Waals surface area contributed by atoms with Crippen LogP contribution in [-0.2, 0) is 11.3 Å². The number of allylic oxidation sites excluding steroid dienone is 2. The first kappa shape index (κ1) is 16.9. The van der Waals surface area contributed by atoms with E-state index in [1.54, 1.807) is 4.57 Å². The molecule has 0 aliphatic heterocycles. The second-order valence-corrected chi connectivity index (χ2v) is 6.27. The summed E-state index contributed by atoms with van der Waals surface area (Å²) < 4.78 is 1.59. The average molecular weight is 324 g/mol. The Balaban J connectivity index is 1.99. The van der Waals surface area contributed by atoms with Gasteiger partial charge >= 0.3 is 5.69 Å². The minimum atomic E-state index is -0.209. The molecule has 122 valence electrons. The van der Waals surface area contributed by atoms with Gasteiger partial charge in [-0.25, -0.2) is 9.89 Å². The van der Waals surface area contributed by atoms with Gasteiger partial charge < -0.3 is 4.90 Å². The molecule has 6 nitrogen and oxygen atoms in total. The smallest absolute Gasteiger partial charge is 0.316 e. The average Bonchev–Trinajstić information content (AvgIpc) is 2.88. The van der Waals surface area contributed by atoms with Crippen LogP contribution in [0.3, 0.4) is 0 Å². The van der Waals surface area contributed by atoms with Crippen LogP contribution in [0.25, 0.3) is 0 Å². The molecule has 1 aliphatic rings. The van der Waals surface area contributed by atoms with Crippen molar-refractivity contribution >= 4 is 17.7 Å². The van der Waals surface area contributed by atoms with Crippen LogP contribution < -0.4 is 5.69 Å². The summed E-state index contributed by atoms with van der Waals surface area (Å²) in [5.41, 5.74) is 0.937. The molecule has 0 aromatic carbocycles. The maximum absolute atomic E-state index is 12.5. The van der Waals surface area contributed by atoms with Crippen molar-refractivity contribution in [3.63, 3.8) is 0 Å². The zero-order chi connectivity index (χ0) is 15.9. The number of rotatable bonds is 7. The van der Waals surface area contributed by atoms with Gasteiger partial charge in [-0.2, -0.15) is 0 Å². The van der Waals surface area contributed by atoms with Crippen LogP contribution in [-0.4, -0.2) is 37.9 Å². The third-order valence-corrected chi connectivity index (χ3v) is 4.69. The Labute approximate surface area is 135 Å². The highest BCUT2D eigenvalue weighted by atomic mass is 32.2. The Morgan fingerprint density at radius 1 is 1.45 bits per heavy atom. The van der Waals surface area contributed by atoms with Crippen molar-refractivity contribution < 1.29 is 4.79 Å². The third-order valence-electron chi connectivity index (χ3n) is 3.73. The van der Waals surface area contributed by atoms with Crippen molar-refractivity contribution in [3.05, 3.63) is 22.3 Å². The van der Waals surface area contributed by atoms with Crippen LogP contribution in [0.5, 0.6) is 0 Å². The van der Waals surface area contributed by atoms with Crippen LogP contribution >= 0.6 is 11.8 Å². The molecule has 22 heavy (non-hydrogen) atoms. The van der Waals surface area contributed by atoms with E-state index in [9.17, 15) is 9.59 Å². The van der Waals surface area contributed by atoms with E-state index in [0.717, 1.165) is 31.4 Å². The molecule has 0 unspecified atom stereocenters. The van der Waals surface area contributed by atoms with Crippen LogP contribution in [0, 0.1) is 0 Å². The van der Waals surface area contributed by atoms with Crippen molar-refractivity contribution in [3.8, 4) is 0 Å². The number of hydrogen-bond acceptors (Lipinski definition) is 4. The van der Waals surface area contributed by atoms with E-state index in [2.05, 4.69) is 16.3 Å². The molecule has 1 aromatic heterocycles. The highest BCUT2D eigenvalue weighted by molar-refractivity contribution is 7.99. The number of nitrogens with zero attached hydrogens (tertiary/aromatic N) is 3. The van der Waals surface area contributed by atoms with Crippen LogP contribution in [0.15, 0.2) is 21.7 Å². The van der Waals surface area contributed by atoms with E-state index in [4.69, 9.17) is 0 Å².